The van der Waals surface area contributed by atoms with E-state index in [-0.39, 0.29) is 17.4 Å². The average Bonchev–Trinajstić information content (AvgIpc) is 2.46. The van der Waals surface area contributed by atoms with Gasteiger partial charge in [0.2, 0.25) is 3.79 Å². The zero-order valence-corrected chi connectivity index (χ0v) is 15.3. The summed E-state index contributed by atoms with van der Waals surface area (Å²) in [5, 5.41) is 18.3. The zero-order valence-electron chi connectivity index (χ0n) is 12.2. The van der Waals surface area contributed by atoms with E-state index in [2.05, 4.69) is 16.0 Å². The van der Waals surface area contributed by atoms with E-state index in [4.69, 9.17) is 51.8 Å². The van der Waals surface area contributed by atoms with Crippen LogP contribution in [0.4, 0.5) is 16.2 Å². The lowest BCUT2D eigenvalue weighted by Gasteiger charge is -2.27. The zero-order chi connectivity index (χ0) is 18.3. The Morgan fingerprint density at radius 3 is 2.38 bits per heavy atom. The molecule has 1 aromatic carbocycles. The number of rotatable bonds is 5. The number of carbonyl (C=O) groups excluding carboxylic acids is 1. The van der Waals surface area contributed by atoms with Crippen LogP contribution in [0.25, 0.3) is 0 Å². The first-order chi connectivity index (χ1) is 11.1. The number of nitrogens with zero attached hydrogens (tertiary/aromatic N) is 1. The molecule has 1 amide bonds. The number of carbonyl (C=O) groups is 1. The first kappa shape index (κ1) is 20.5. The Bertz CT molecular complexity index is 609. The Hall–Kier alpha value is -1.55. The molecule has 0 aromatic heterocycles. The fourth-order valence-corrected chi connectivity index (χ4v) is 2.02. The number of nitro groups is 1. The van der Waals surface area contributed by atoms with Gasteiger partial charge in [-0.15, -0.1) is 0 Å². The monoisotopic (exact) mass is 414 g/mol. The molecule has 132 valence electrons. The highest BCUT2D eigenvalue weighted by Crippen LogP contribution is 2.29. The molecule has 0 saturated heterocycles. The van der Waals surface area contributed by atoms with Crippen LogP contribution in [0.3, 0.4) is 0 Å². The Balaban J connectivity index is 2.70. The van der Waals surface area contributed by atoms with Crippen LogP contribution < -0.4 is 16.0 Å². The van der Waals surface area contributed by atoms with Crippen molar-refractivity contribution in [1.82, 2.24) is 10.6 Å². The Labute approximate surface area is 157 Å². The summed E-state index contributed by atoms with van der Waals surface area (Å²) in [7, 11) is 0. The van der Waals surface area contributed by atoms with Crippen LogP contribution in [0, 0.1) is 10.1 Å². The molecule has 3 N–H and O–H groups in total. The number of amides is 1. The third-order valence-electron chi connectivity index (χ3n) is 2.48. The number of halogens is 3. The van der Waals surface area contributed by atoms with Crippen molar-refractivity contribution >= 4 is 69.6 Å². The van der Waals surface area contributed by atoms with Crippen LogP contribution in [-0.2, 0) is 4.74 Å². The lowest BCUT2D eigenvalue weighted by molar-refractivity contribution is -0.384. The van der Waals surface area contributed by atoms with Gasteiger partial charge in [0, 0.05) is 17.8 Å². The fraction of sp³-hybridized carbons (Fsp3) is 0.333. The maximum atomic E-state index is 11.5. The largest absolute Gasteiger partial charge is 0.450 e. The molecule has 1 rings (SSSR count). The number of thiocarbonyl (C=S) groups is 1. The maximum absolute atomic E-state index is 11.5. The van der Waals surface area contributed by atoms with Gasteiger partial charge in [0.1, 0.15) is 0 Å². The van der Waals surface area contributed by atoms with Gasteiger partial charge < -0.3 is 15.4 Å². The molecular formula is C12H13Cl3N4O4S. The minimum absolute atomic E-state index is 0.0250. The summed E-state index contributed by atoms with van der Waals surface area (Å²) in [6.45, 7) is 1.77. The summed E-state index contributed by atoms with van der Waals surface area (Å²) in [4.78, 5) is 21.5. The van der Waals surface area contributed by atoms with Crippen molar-refractivity contribution in [1.29, 1.82) is 0 Å². The van der Waals surface area contributed by atoms with Gasteiger partial charge in [-0.05, 0) is 31.3 Å². The summed E-state index contributed by atoms with van der Waals surface area (Å²) >= 11 is 22.4. The standard InChI is InChI=1S/C12H13Cl3N4O4S/c1-2-23-11(20)18-9(12(13,14)15)17-10(24)16-7-3-5-8(6-4-7)19(21)22/h3-6,9H,2H2,1H3,(H,18,20)(H2,16,17,24)/t9-/m1/s1. The SMILES string of the molecule is CCOC(=O)N[C@@H](NC(=S)Nc1ccc([N+](=O)[O-])cc1)C(Cl)(Cl)Cl. The van der Waals surface area contributed by atoms with Crippen LogP contribution in [0.15, 0.2) is 24.3 Å². The number of hydrogen-bond donors (Lipinski definition) is 3. The third kappa shape index (κ3) is 6.91. The molecular weight excluding hydrogens is 403 g/mol. The third-order valence-corrected chi connectivity index (χ3v) is 3.35. The second kappa shape index (κ2) is 9.07. The van der Waals surface area contributed by atoms with E-state index in [0.717, 1.165) is 0 Å². The van der Waals surface area contributed by atoms with E-state index < -0.39 is 21.0 Å². The van der Waals surface area contributed by atoms with Crippen LogP contribution in [0.5, 0.6) is 0 Å². The summed E-state index contributed by atoms with van der Waals surface area (Å²) in [5.74, 6) is 0. The number of ether oxygens (including phenoxy) is 1. The first-order valence-corrected chi connectivity index (χ1v) is 7.99. The summed E-state index contributed by atoms with van der Waals surface area (Å²) in [6.07, 6.45) is -1.96. The summed E-state index contributed by atoms with van der Waals surface area (Å²) in [5.41, 5.74) is 0.403. The number of benzene rings is 1. The molecule has 24 heavy (non-hydrogen) atoms. The van der Waals surface area contributed by atoms with Crippen LogP contribution in [0.1, 0.15) is 6.92 Å². The predicted molar refractivity (Wildman–Crippen MR) is 96.7 cm³/mol. The molecule has 1 aromatic rings. The van der Waals surface area contributed by atoms with Crippen LogP contribution in [-0.4, -0.2) is 32.7 Å². The van der Waals surface area contributed by atoms with Gasteiger partial charge in [0.15, 0.2) is 11.3 Å². The summed E-state index contributed by atoms with van der Waals surface area (Å²) in [6, 6.07) is 5.51. The molecule has 0 heterocycles. The highest BCUT2D eigenvalue weighted by molar-refractivity contribution is 7.80. The van der Waals surface area contributed by atoms with E-state index in [1.807, 2.05) is 0 Å². The molecule has 0 saturated carbocycles. The van der Waals surface area contributed by atoms with Crippen molar-refractivity contribution in [2.75, 3.05) is 11.9 Å². The number of non-ortho nitro benzene ring substituents is 1. The molecule has 0 fully saturated rings. The van der Waals surface area contributed by atoms with Gasteiger partial charge in [-0.3, -0.25) is 15.4 Å². The number of anilines is 1. The molecule has 12 heteroatoms. The Kier molecular flexibility index (Phi) is 7.74. The van der Waals surface area contributed by atoms with Gasteiger partial charge in [0.05, 0.1) is 11.5 Å². The van der Waals surface area contributed by atoms with Crippen LogP contribution in [0.2, 0.25) is 0 Å². The molecule has 0 aliphatic heterocycles. The van der Waals surface area contributed by atoms with E-state index in [1.54, 1.807) is 6.92 Å². The average molecular weight is 416 g/mol. The molecule has 0 spiro atoms. The predicted octanol–water partition coefficient (Wildman–Crippen LogP) is 3.32. The van der Waals surface area contributed by atoms with Gasteiger partial charge in [0.25, 0.3) is 5.69 Å². The quantitative estimate of drug-likeness (QED) is 0.223. The minimum Gasteiger partial charge on any atom is -0.450 e. The highest BCUT2D eigenvalue weighted by atomic mass is 35.6. The van der Waals surface area contributed by atoms with E-state index in [1.165, 1.54) is 24.3 Å². The molecule has 0 aliphatic carbocycles. The maximum Gasteiger partial charge on any atom is 0.408 e. The van der Waals surface area contributed by atoms with Crippen molar-refractivity contribution < 1.29 is 14.5 Å². The highest BCUT2D eigenvalue weighted by Gasteiger charge is 2.35. The number of alkyl carbamates (subject to hydrolysis) is 1. The topological polar surface area (TPSA) is 106 Å². The second-order valence-electron chi connectivity index (χ2n) is 4.24. The number of nitrogens with one attached hydrogen (secondary N) is 3. The minimum atomic E-state index is -1.91. The molecule has 1 atom stereocenters. The van der Waals surface area contributed by atoms with Gasteiger partial charge in [-0.2, -0.15) is 0 Å². The molecule has 0 radical (unpaired) electrons. The van der Waals surface area contributed by atoms with Gasteiger partial charge in [-0.25, -0.2) is 4.79 Å². The smallest absolute Gasteiger partial charge is 0.408 e. The number of alkyl halides is 3. The van der Waals surface area contributed by atoms with Crippen molar-refractivity contribution in [3.63, 3.8) is 0 Å². The van der Waals surface area contributed by atoms with E-state index >= 15 is 0 Å². The Morgan fingerprint density at radius 1 is 1.33 bits per heavy atom. The number of nitro benzene ring substituents is 1. The van der Waals surface area contributed by atoms with Crippen molar-refractivity contribution in [3.8, 4) is 0 Å². The molecule has 0 unspecified atom stereocenters. The van der Waals surface area contributed by atoms with Gasteiger partial charge in [-0.1, -0.05) is 34.8 Å². The molecule has 0 bridgehead atoms. The summed E-state index contributed by atoms with van der Waals surface area (Å²) < 4.78 is 2.80. The van der Waals surface area contributed by atoms with Crippen molar-refractivity contribution in [2.45, 2.75) is 16.9 Å². The van der Waals surface area contributed by atoms with E-state index in [0.29, 0.717) is 5.69 Å². The van der Waals surface area contributed by atoms with E-state index in [9.17, 15) is 14.9 Å². The second-order valence-corrected chi connectivity index (χ2v) is 7.02. The molecule has 8 nitrogen and oxygen atoms in total. The lowest BCUT2D eigenvalue weighted by Crippen LogP contribution is -2.56. The van der Waals surface area contributed by atoms with Gasteiger partial charge >= 0.3 is 6.09 Å². The Morgan fingerprint density at radius 2 is 1.92 bits per heavy atom. The van der Waals surface area contributed by atoms with Crippen molar-refractivity contribution in [2.24, 2.45) is 0 Å². The van der Waals surface area contributed by atoms with Crippen molar-refractivity contribution in [3.05, 3.63) is 34.4 Å². The van der Waals surface area contributed by atoms with Crippen LogP contribution >= 0.6 is 47.0 Å². The fourth-order valence-electron chi connectivity index (χ4n) is 1.46. The lowest BCUT2D eigenvalue weighted by atomic mass is 10.3. The normalized spacial score (nSPS) is 12.0. The molecule has 0 aliphatic rings. The first-order valence-electron chi connectivity index (χ1n) is 6.45. The number of hydrogen-bond acceptors (Lipinski definition) is 5.